The van der Waals surface area contributed by atoms with Crippen LogP contribution in [-0.2, 0) is 4.79 Å². The van der Waals surface area contributed by atoms with Gasteiger partial charge in [-0.05, 0) is 39.5 Å². The second kappa shape index (κ2) is 5.03. The predicted molar refractivity (Wildman–Crippen MR) is 70.2 cm³/mol. The molecule has 1 heterocycles. The summed E-state index contributed by atoms with van der Waals surface area (Å²) in [6.45, 7) is 5.01. The number of anilines is 1. The topological polar surface area (TPSA) is 117 Å². The van der Waals surface area contributed by atoms with E-state index in [9.17, 15) is 14.7 Å². The lowest BCUT2D eigenvalue weighted by Gasteiger charge is -2.25. The molecule has 8 nitrogen and oxygen atoms in total. The third kappa shape index (κ3) is 2.84. The zero-order valence-electron chi connectivity index (χ0n) is 11.6. The number of hydrogen-bond acceptors (Lipinski definition) is 5. The molecule has 1 atom stereocenters. The maximum atomic E-state index is 11.9. The van der Waals surface area contributed by atoms with Crippen molar-refractivity contribution < 1.29 is 14.7 Å². The Morgan fingerprint density at radius 1 is 1.25 bits per heavy atom. The van der Waals surface area contributed by atoms with Crippen LogP contribution in [0.5, 0.6) is 0 Å². The summed E-state index contributed by atoms with van der Waals surface area (Å²) in [6, 6.07) is -0.646. The van der Waals surface area contributed by atoms with Crippen LogP contribution in [0.2, 0.25) is 0 Å². The van der Waals surface area contributed by atoms with Crippen LogP contribution >= 0.6 is 0 Å². The number of carboxylic acids is 1. The van der Waals surface area contributed by atoms with Gasteiger partial charge in [-0.15, -0.1) is 5.10 Å². The van der Waals surface area contributed by atoms with E-state index in [-0.39, 0.29) is 11.9 Å². The summed E-state index contributed by atoms with van der Waals surface area (Å²) in [7, 11) is 0. The molecule has 0 saturated heterocycles. The minimum Gasteiger partial charge on any atom is -0.480 e. The third-order valence-electron chi connectivity index (χ3n) is 3.53. The Balaban J connectivity index is 2.04. The van der Waals surface area contributed by atoms with Crippen molar-refractivity contribution in [2.75, 3.05) is 5.32 Å². The van der Waals surface area contributed by atoms with E-state index in [4.69, 9.17) is 0 Å². The lowest BCUT2D eigenvalue weighted by Crippen LogP contribution is -2.55. The molecule has 0 aliphatic heterocycles. The van der Waals surface area contributed by atoms with Gasteiger partial charge in [-0.3, -0.25) is 5.32 Å². The summed E-state index contributed by atoms with van der Waals surface area (Å²) < 4.78 is 0. The first-order valence-electron chi connectivity index (χ1n) is 6.33. The van der Waals surface area contributed by atoms with Crippen LogP contribution in [0.1, 0.15) is 31.2 Å². The number of carbonyl (C=O) groups excluding carboxylic acids is 1. The molecule has 2 amide bonds. The van der Waals surface area contributed by atoms with Gasteiger partial charge in [-0.25, -0.2) is 14.6 Å². The van der Waals surface area contributed by atoms with Gasteiger partial charge < -0.3 is 10.4 Å². The van der Waals surface area contributed by atoms with Crippen molar-refractivity contribution in [3.8, 4) is 0 Å². The molecule has 1 saturated carbocycles. The largest absolute Gasteiger partial charge is 0.480 e. The predicted octanol–water partition coefficient (Wildman–Crippen LogP) is 0.863. The highest BCUT2D eigenvalue weighted by Crippen LogP contribution is 2.39. The molecule has 8 heteroatoms. The number of amides is 2. The molecule has 1 aliphatic rings. The van der Waals surface area contributed by atoms with Crippen molar-refractivity contribution in [3.63, 3.8) is 0 Å². The molecule has 1 aromatic heterocycles. The molecular weight excluding hydrogens is 262 g/mol. The number of carbonyl (C=O) groups is 2. The van der Waals surface area contributed by atoms with Crippen LogP contribution in [0, 0.1) is 19.8 Å². The number of hydrogen-bond donors (Lipinski definition) is 3. The van der Waals surface area contributed by atoms with Crippen LogP contribution < -0.4 is 10.6 Å². The van der Waals surface area contributed by atoms with Crippen molar-refractivity contribution in [1.82, 2.24) is 20.5 Å². The summed E-state index contributed by atoms with van der Waals surface area (Å²) in [5.74, 6) is -1.03. The molecule has 0 bridgehead atoms. The molecule has 1 fully saturated rings. The number of rotatable bonds is 4. The van der Waals surface area contributed by atoms with Gasteiger partial charge in [0.25, 0.3) is 5.95 Å². The highest BCUT2D eigenvalue weighted by Gasteiger charge is 2.48. The maximum Gasteiger partial charge on any atom is 0.329 e. The van der Waals surface area contributed by atoms with Crippen LogP contribution in [0.4, 0.5) is 10.7 Å². The average molecular weight is 279 g/mol. The first kappa shape index (κ1) is 14.2. The van der Waals surface area contributed by atoms with E-state index in [2.05, 4.69) is 25.8 Å². The van der Waals surface area contributed by atoms with Gasteiger partial charge in [0.15, 0.2) is 0 Å². The van der Waals surface area contributed by atoms with Crippen LogP contribution in [-0.4, -0.2) is 37.8 Å². The third-order valence-corrected chi connectivity index (χ3v) is 3.53. The first-order valence-corrected chi connectivity index (χ1v) is 6.33. The Kier molecular flexibility index (Phi) is 3.56. The monoisotopic (exact) mass is 279 g/mol. The van der Waals surface area contributed by atoms with Gasteiger partial charge in [-0.2, -0.15) is 5.10 Å². The molecule has 108 valence electrons. The fourth-order valence-electron chi connectivity index (χ4n) is 1.87. The standard InChI is InChI=1S/C12H17N5O3/c1-6-7(2)16-17-10(13-6)14-11(20)15-12(3,9(18)19)8-4-5-8/h8H,4-5H2,1-3H3,(H,18,19)(H2,13,14,15,17,20). The van der Waals surface area contributed by atoms with Gasteiger partial charge in [0.2, 0.25) is 0 Å². The van der Waals surface area contributed by atoms with Gasteiger partial charge in [0.1, 0.15) is 5.54 Å². The lowest BCUT2D eigenvalue weighted by molar-refractivity contribution is -0.144. The minimum absolute atomic E-state index is 0.0375. The van der Waals surface area contributed by atoms with E-state index in [1.54, 1.807) is 13.8 Å². The average Bonchev–Trinajstić information content (AvgIpc) is 3.17. The number of carboxylic acid groups (broad SMARTS) is 1. The number of aliphatic carboxylic acids is 1. The summed E-state index contributed by atoms with van der Waals surface area (Å²) in [4.78, 5) is 27.2. The Morgan fingerprint density at radius 3 is 2.40 bits per heavy atom. The van der Waals surface area contributed by atoms with E-state index in [1.165, 1.54) is 6.92 Å². The second-order valence-corrected chi connectivity index (χ2v) is 5.17. The zero-order chi connectivity index (χ0) is 14.9. The number of nitrogens with one attached hydrogen (secondary N) is 2. The molecule has 1 unspecified atom stereocenters. The zero-order valence-corrected chi connectivity index (χ0v) is 11.6. The number of aryl methyl sites for hydroxylation is 2. The van der Waals surface area contributed by atoms with Crippen LogP contribution in [0.25, 0.3) is 0 Å². The molecule has 0 spiro atoms. The molecular formula is C12H17N5O3. The summed E-state index contributed by atoms with van der Waals surface area (Å²) in [6.07, 6.45) is 1.59. The van der Waals surface area contributed by atoms with E-state index in [1.807, 2.05) is 0 Å². The van der Waals surface area contributed by atoms with Crippen molar-refractivity contribution >= 4 is 17.9 Å². The van der Waals surface area contributed by atoms with E-state index < -0.39 is 17.5 Å². The number of nitrogens with zero attached hydrogens (tertiary/aromatic N) is 3. The smallest absolute Gasteiger partial charge is 0.329 e. The van der Waals surface area contributed by atoms with Gasteiger partial charge in [0, 0.05) is 0 Å². The van der Waals surface area contributed by atoms with Gasteiger partial charge >= 0.3 is 12.0 Å². The molecule has 0 radical (unpaired) electrons. The van der Waals surface area contributed by atoms with E-state index in [0.717, 1.165) is 12.8 Å². The Morgan fingerprint density at radius 2 is 1.90 bits per heavy atom. The van der Waals surface area contributed by atoms with E-state index in [0.29, 0.717) is 11.4 Å². The first-order chi connectivity index (χ1) is 9.33. The number of aromatic nitrogens is 3. The maximum absolute atomic E-state index is 11.9. The molecule has 1 aromatic rings. The van der Waals surface area contributed by atoms with Gasteiger partial charge in [-0.1, -0.05) is 0 Å². The van der Waals surface area contributed by atoms with Crippen molar-refractivity contribution in [2.45, 2.75) is 39.2 Å². The molecule has 2 rings (SSSR count). The summed E-state index contributed by atoms with van der Waals surface area (Å²) in [5.41, 5.74) is 0.0554. The highest BCUT2D eigenvalue weighted by atomic mass is 16.4. The van der Waals surface area contributed by atoms with E-state index >= 15 is 0 Å². The highest BCUT2D eigenvalue weighted by molar-refractivity contribution is 5.92. The fraction of sp³-hybridized carbons (Fsp3) is 0.583. The fourth-order valence-corrected chi connectivity index (χ4v) is 1.87. The SMILES string of the molecule is Cc1nnc(NC(=O)NC(C)(C(=O)O)C2CC2)nc1C. The number of urea groups is 1. The molecule has 3 N–H and O–H groups in total. The Hall–Kier alpha value is -2.25. The summed E-state index contributed by atoms with van der Waals surface area (Å²) >= 11 is 0. The summed E-state index contributed by atoms with van der Waals surface area (Å²) in [5, 5.41) is 21.7. The molecule has 1 aliphatic carbocycles. The van der Waals surface area contributed by atoms with Crippen molar-refractivity contribution in [3.05, 3.63) is 11.4 Å². The normalized spacial score (nSPS) is 17.1. The molecule has 0 aromatic carbocycles. The molecule has 20 heavy (non-hydrogen) atoms. The quantitative estimate of drug-likeness (QED) is 0.752. The van der Waals surface area contributed by atoms with Crippen molar-refractivity contribution in [1.29, 1.82) is 0 Å². The Labute approximate surface area is 116 Å². The second-order valence-electron chi connectivity index (χ2n) is 5.17. The lowest BCUT2D eigenvalue weighted by atomic mass is 9.96. The minimum atomic E-state index is -1.27. The van der Waals surface area contributed by atoms with Crippen LogP contribution in [0.15, 0.2) is 0 Å². The van der Waals surface area contributed by atoms with Gasteiger partial charge in [0.05, 0.1) is 11.4 Å². The Bertz CT molecular complexity index is 558. The van der Waals surface area contributed by atoms with Crippen LogP contribution in [0.3, 0.4) is 0 Å². The van der Waals surface area contributed by atoms with Crippen molar-refractivity contribution in [2.24, 2.45) is 5.92 Å².